The van der Waals surface area contributed by atoms with Crippen LogP contribution in [0, 0.1) is 23.7 Å². The first kappa shape index (κ1) is 16.8. The molecule has 136 valence electrons. The molecular weight excluding hydrogens is 406 g/mol. The van der Waals surface area contributed by atoms with Gasteiger partial charge >= 0.3 is 0 Å². The molecule has 0 radical (unpaired) electrons. The topological polar surface area (TPSA) is 46.6 Å². The second-order valence-electron chi connectivity index (χ2n) is 7.53. The quantitative estimate of drug-likeness (QED) is 0.518. The summed E-state index contributed by atoms with van der Waals surface area (Å²) in [6.07, 6.45) is 3.14. The molecule has 2 amide bonds. The number of fused-ring (bicyclic) bond motifs is 5. The highest BCUT2D eigenvalue weighted by Gasteiger charge is 2.60. The van der Waals surface area contributed by atoms with Gasteiger partial charge in [-0.2, -0.15) is 0 Å². The molecule has 2 bridgehead atoms. The molecule has 0 unspecified atom stereocenters. The molecule has 5 rings (SSSR count). The fourth-order valence-electron chi connectivity index (χ4n) is 4.83. The van der Waals surface area contributed by atoms with E-state index in [4.69, 9.17) is 4.74 Å². The predicted molar refractivity (Wildman–Crippen MR) is 105 cm³/mol. The highest BCUT2D eigenvalue weighted by molar-refractivity contribution is 9.10. The number of carbonyl (C=O) groups is 2. The number of imide groups is 1. The second-order valence-corrected chi connectivity index (χ2v) is 8.45. The van der Waals surface area contributed by atoms with E-state index in [9.17, 15) is 9.59 Å². The van der Waals surface area contributed by atoms with Crippen molar-refractivity contribution in [3.8, 4) is 11.5 Å². The van der Waals surface area contributed by atoms with Gasteiger partial charge in [0.1, 0.15) is 11.5 Å². The van der Waals surface area contributed by atoms with Crippen molar-refractivity contribution in [1.29, 1.82) is 0 Å². The minimum Gasteiger partial charge on any atom is -0.457 e. The molecule has 1 saturated heterocycles. The molecule has 2 aromatic rings. The van der Waals surface area contributed by atoms with Crippen LogP contribution in [0.2, 0.25) is 0 Å². The Balaban J connectivity index is 1.37. The number of hydrogen-bond donors (Lipinski definition) is 0. The van der Waals surface area contributed by atoms with E-state index >= 15 is 0 Å². The maximum atomic E-state index is 13.0. The first-order valence-electron chi connectivity index (χ1n) is 9.12. The van der Waals surface area contributed by atoms with E-state index in [0.29, 0.717) is 11.4 Å². The monoisotopic (exact) mass is 423 g/mol. The zero-order valence-corrected chi connectivity index (χ0v) is 16.3. The maximum absolute atomic E-state index is 13.0. The van der Waals surface area contributed by atoms with E-state index in [-0.39, 0.29) is 35.5 Å². The molecular formula is C22H18BrNO3. The summed E-state index contributed by atoms with van der Waals surface area (Å²) < 4.78 is 6.81. The molecule has 5 heteroatoms. The summed E-state index contributed by atoms with van der Waals surface area (Å²) in [5.74, 6) is 1.40. The van der Waals surface area contributed by atoms with Crippen LogP contribution in [0.1, 0.15) is 13.3 Å². The van der Waals surface area contributed by atoms with Crippen LogP contribution in [-0.2, 0) is 9.59 Å². The standard InChI is InChI=1S/C22H18BrNO3/c1-12-10-13-11-18(12)20-19(13)21(25)24(22(20)26)15-4-8-17(9-5-15)27-16-6-2-14(23)3-7-16/h2-10,13,18-20H,11H2,1H3/t13-,18-,19+,20+/m1/s1. The Morgan fingerprint density at radius 1 is 0.926 bits per heavy atom. The van der Waals surface area contributed by atoms with E-state index in [1.807, 2.05) is 24.3 Å². The van der Waals surface area contributed by atoms with Crippen molar-refractivity contribution in [2.75, 3.05) is 4.90 Å². The molecule has 4 nitrogen and oxygen atoms in total. The largest absolute Gasteiger partial charge is 0.457 e. The van der Waals surface area contributed by atoms with E-state index in [2.05, 4.69) is 28.9 Å². The number of allylic oxidation sites excluding steroid dienone is 2. The van der Waals surface area contributed by atoms with Gasteiger partial charge in [-0.15, -0.1) is 0 Å². The zero-order valence-electron chi connectivity index (χ0n) is 14.8. The van der Waals surface area contributed by atoms with Crippen molar-refractivity contribution in [3.63, 3.8) is 0 Å². The van der Waals surface area contributed by atoms with Gasteiger partial charge in [0, 0.05) is 4.47 Å². The number of halogens is 1. The Bertz CT molecular complexity index is 964. The highest BCUT2D eigenvalue weighted by atomic mass is 79.9. The Kier molecular flexibility index (Phi) is 3.76. The number of nitrogens with zero attached hydrogens (tertiary/aromatic N) is 1. The Morgan fingerprint density at radius 2 is 1.52 bits per heavy atom. The summed E-state index contributed by atoms with van der Waals surface area (Å²) in [7, 11) is 0. The van der Waals surface area contributed by atoms with Crippen LogP contribution in [0.5, 0.6) is 11.5 Å². The Hall–Kier alpha value is -2.40. The van der Waals surface area contributed by atoms with Crippen molar-refractivity contribution < 1.29 is 14.3 Å². The number of anilines is 1. The SMILES string of the molecule is CC1=C[C@@H]2C[C@H]1[C@@H]1C(=O)N(c3ccc(Oc4ccc(Br)cc4)cc3)C(=O)[C@H]12. The summed E-state index contributed by atoms with van der Waals surface area (Å²) in [5.41, 5.74) is 1.89. The predicted octanol–water partition coefficient (Wildman–Crippen LogP) is 4.94. The molecule has 0 spiro atoms. The Labute approximate surface area is 165 Å². The second kappa shape index (κ2) is 6.06. The number of carbonyl (C=O) groups excluding carboxylic acids is 2. The summed E-state index contributed by atoms with van der Waals surface area (Å²) in [6.45, 7) is 2.08. The van der Waals surface area contributed by atoms with Crippen molar-refractivity contribution in [1.82, 2.24) is 0 Å². The third kappa shape index (κ3) is 2.56. The minimum atomic E-state index is -0.176. The lowest BCUT2D eigenvalue weighted by molar-refractivity contribution is -0.123. The first-order chi connectivity index (χ1) is 13.0. The summed E-state index contributed by atoms with van der Waals surface area (Å²) in [4.78, 5) is 27.3. The van der Waals surface area contributed by atoms with Gasteiger partial charge < -0.3 is 4.74 Å². The fraction of sp³-hybridized carbons (Fsp3) is 0.273. The average molecular weight is 424 g/mol. The van der Waals surface area contributed by atoms with Crippen molar-refractivity contribution in [2.24, 2.45) is 23.7 Å². The molecule has 1 saturated carbocycles. The van der Waals surface area contributed by atoms with Crippen LogP contribution in [0.25, 0.3) is 0 Å². The van der Waals surface area contributed by atoms with Crippen LogP contribution in [-0.4, -0.2) is 11.8 Å². The normalized spacial score (nSPS) is 28.5. The molecule has 3 aliphatic rings. The highest BCUT2D eigenvalue weighted by Crippen LogP contribution is 2.55. The maximum Gasteiger partial charge on any atom is 0.238 e. The van der Waals surface area contributed by atoms with Crippen molar-refractivity contribution in [3.05, 3.63) is 64.7 Å². The van der Waals surface area contributed by atoms with E-state index < -0.39 is 0 Å². The van der Waals surface area contributed by atoms with E-state index in [1.54, 1.807) is 24.3 Å². The van der Waals surface area contributed by atoms with Crippen LogP contribution in [0.15, 0.2) is 64.7 Å². The third-order valence-electron chi connectivity index (χ3n) is 6.02. The van der Waals surface area contributed by atoms with Gasteiger partial charge in [0.2, 0.25) is 11.8 Å². The van der Waals surface area contributed by atoms with Gasteiger partial charge in [-0.25, -0.2) is 0 Å². The van der Waals surface area contributed by atoms with Gasteiger partial charge in [-0.05, 0) is 73.7 Å². The van der Waals surface area contributed by atoms with Gasteiger partial charge in [0.15, 0.2) is 0 Å². The molecule has 2 fully saturated rings. The lowest BCUT2D eigenvalue weighted by atomic mass is 9.82. The number of rotatable bonds is 3. The van der Waals surface area contributed by atoms with E-state index in [1.165, 1.54) is 10.5 Å². The summed E-state index contributed by atoms with van der Waals surface area (Å²) in [6, 6.07) is 14.7. The van der Waals surface area contributed by atoms with Gasteiger partial charge in [-0.1, -0.05) is 27.6 Å². The summed E-state index contributed by atoms with van der Waals surface area (Å²) in [5, 5.41) is 0. The van der Waals surface area contributed by atoms with Crippen LogP contribution in [0.4, 0.5) is 5.69 Å². The molecule has 2 aliphatic carbocycles. The fourth-order valence-corrected chi connectivity index (χ4v) is 5.10. The van der Waals surface area contributed by atoms with Crippen molar-refractivity contribution in [2.45, 2.75) is 13.3 Å². The number of hydrogen-bond acceptors (Lipinski definition) is 3. The lowest BCUT2D eigenvalue weighted by Gasteiger charge is -2.19. The smallest absolute Gasteiger partial charge is 0.238 e. The third-order valence-corrected chi connectivity index (χ3v) is 6.55. The van der Waals surface area contributed by atoms with Crippen LogP contribution in [0.3, 0.4) is 0 Å². The number of amides is 2. The number of benzene rings is 2. The van der Waals surface area contributed by atoms with Gasteiger partial charge in [0.05, 0.1) is 17.5 Å². The molecule has 1 aliphatic heterocycles. The van der Waals surface area contributed by atoms with E-state index in [0.717, 1.165) is 16.6 Å². The van der Waals surface area contributed by atoms with Gasteiger partial charge in [-0.3, -0.25) is 14.5 Å². The average Bonchev–Trinajstić information content (AvgIpc) is 3.29. The number of ether oxygens (including phenoxy) is 1. The van der Waals surface area contributed by atoms with Gasteiger partial charge in [0.25, 0.3) is 0 Å². The minimum absolute atomic E-state index is 0.0495. The lowest BCUT2D eigenvalue weighted by Crippen LogP contribution is -2.32. The van der Waals surface area contributed by atoms with Crippen LogP contribution >= 0.6 is 15.9 Å². The van der Waals surface area contributed by atoms with Crippen LogP contribution < -0.4 is 9.64 Å². The zero-order chi connectivity index (χ0) is 18.7. The van der Waals surface area contributed by atoms with Crippen molar-refractivity contribution >= 4 is 33.4 Å². The molecule has 4 atom stereocenters. The first-order valence-corrected chi connectivity index (χ1v) is 9.92. The molecule has 1 heterocycles. The summed E-state index contributed by atoms with van der Waals surface area (Å²) >= 11 is 3.40. The Morgan fingerprint density at radius 3 is 2.19 bits per heavy atom. The molecule has 0 aromatic heterocycles. The molecule has 0 N–H and O–H groups in total. The molecule has 2 aromatic carbocycles. The molecule has 27 heavy (non-hydrogen) atoms.